The lowest BCUT2D eigenvalue weighted by Gasteiger charge is -2.43. The Morgan fingerprint density at radius 1 is 0.923 bits per heavy atom. The van der Waals surface area contributed by atoms with Crippen LogP contribution in [0.4, 0.5) is 10.5 Å². The van der Waals surface area contributed by atoms with E-state index in [1.165, 1.54) is 0 Å². The summed E-state index contributed by atoms with van der Waals surface area (Å²) in [6, 6.07) is 17.8. The summed E-state index contributed by atoms with van der Waals surface area (Å²) in [5.74, 6) is -0.610. The zero-order chi connectivity index (χ0) is 28.3. The first-order valence-corrected chi connectivity index (χ1v) is 13.6. The number of hydrogen-bond acceptors (Lipinski definition) is 4. The first kappa shape index (κ1) is 28.1. The minimum Gasteiger partial charge on any atom is -0.444 e. The molecule has 3 aromatic rings. The first-order chi connectivity index (χ1) is 18.4. The standard InChI is InChI=1S/C32H39N3O4/c1-20-14-15-25(18-21(20)2)28(29(36)34-26-17-16-23-10-7-8-11-24(23)19-26)35(27-12-9-13-27)30(37)22(3)33-31(38)39-32(4,5)6/h7-8,10-11,14-19,22,27-28H,9,12-13H2,1-6H3,(H,33,38)(H,34,36). The minimum absolute atomic E-state index is 0.102. The van der Waals surface area contributed by atoms with Gasteiger partial charge in [-0.05, 0) is 100 Å². The highest BCUT2D eigenvalue weighted by molar-refractivity contribution is 6.00. The summed E-state index contributed by atoms with van der Waals surface area (Å²) in [5.41, 5.74) is 2.85. The maximum atomic E-state index is 14.1. The van der Waals surface area contributed by atoms with Crippen molar-refractivity contribution in [3.8, 4) is 0 Å². The van der Waals surface area contributed by atoms with Crippen LogP contribution in [0.5, 0.6) is 0 Å². The topological polar surface area (TPSA) is 87.7 Å². The predicted molar refractivity (Wildman–Crippen MR) is 155 cm³/mol. The van der Waals surface area contributed by atoms with Crippen molar-refractivity contribution in [2.24, 2.45) is 0 Å². The molecule has 1 aliphatic rings. The van der Waals surface area contributed by atoms with Gasteiger partial charge >= 0.3 is 6.09 Å². The van der Waals surface area contributed by atoms with Crippen molar-refractivity contribution in [1.82, 2.24) is 10.2 Å². The Hall–Kier alpha value is -3.87. The average Bonchev–Trinajstić information content (AvgIpc) is 2.82. The van der Waals surface area contributed by atoms with E-state index in [4.69, 9.17) is 4.74 Å². The highest BCUT2D eigenvalue weighted by atomic mass is 16.6. The van der Waals surface area contributed by atoms with Crippen LogP contribution in [0.15, 0.2) is 60.7 Å². The van der Waals surface area contributed by atoms with Crippen molar-refractivity contribution in [2.45, 2.75) is 84.5 Å². The number of alkyl carbamates (subject to hydrolysis) is 1. The van der Waals surface area contributed by atoms with Crippen molar-refractivity contribution in [1.29, 1.82) is 0 Å². The van der Waals surface area contributed by atoms with Crippen LogP contribution in [0.3, 0.4) is 0 Å². The zero-order valence-electron chi connectivity index (χ0n) is 23.7. The Morgan fingerprint density at radius 2 is 1.62 bits per heavy atom. The third-order valence-electron chi connectivity index (χ3n) is 7.22. The predicted octanol–water partition coefficient (Wildman–Crippen LogP) is 6.43. The first-order valence-electron chi connectivity index (χ1n) is 13.6. The third kappa shape index (κ3) is 6.77. The molecule has 3 aromatic carbocycles. The van der Waals surface area contributed by atoms with Gasteiger partial charge in [0.2, 0.25) is 5.91 Å². The maximum absolute atomic E-state index is 14.1. The van der Waals surface area contributed by atoms with Gasteiger partial charge in [-0.15, -0.1) is 0 Å². The number of carbonyl (C=O) groups excluding carboxylic acids is 3. The number of carbonyl (C=O) groups is 3. The Kier molecular flexibility index (Phi) is 8.28. The Morgan fingerprint density at radius 3 is 2.23 bits per heavy atom. The lowest BCUT2D eigenvalue weighted by molar-refractivity contribution is -0.145. The second-order valence-corrected chi connectivity index (χ2v) is 11.5. The number of nitrogens with zero attached hydrogens (tertiary/aromatic N) is 1. The summed E-state index contributed by atoms with van der Waals surface area (Å²) >= 11 is 0. The van der Waals surface area contributed by atoms with E-state index in [1.807, 2.05) is 74.5 Å². The fourth-order valence-corrected chi connectivity index (χ4v) is 4.80. The molecule has 2 atom stereocenters. The number of aryl methyl sites for hydroxylation is 2. The third-order valence-corrected chi connectivity index (χ3v) is 7.22. The van der Waals surface area contributed by atoms with Gasteiger partial charge in [0.05, 0.1) is 0 Å². The van der Waals surface area contributed by atoms with Gasteiger partial charge in [0.15, 0.2) is 0 Å². The largest absolute Gasteiger partial charge is 0.444 e. The normalized spacial score (nSPS) is 15.1. The Balaban J connectivity index is 1.68. The summed E-state index contributed by atoms with van der Waals surface area (Å²) < 4.78 is 5.37. The molecule has 1 fully saturated rings. The van der Waals surface area contributed by atoms with Gasteiger partial charge in [-0.1, -0.05) is 48.5 Å². The van der Waals surface area contributed by atoms with Crippen LogP contribution in [0.25, 0.3) is 10.8 Å². The number of rotatable bonds is 7. The van der Waals surface area contributed by atoms with E-state index < -0.39 is 23.8 Å². The molecule has 39 heavy (non-hydrogen) atoms. The van der Waals surface area contributed by atoms with Gasteiger partial charge in [-0.3, -0.25) is 9.59 Å². The van der Waals surface area contributed by atoms with Gasteiger partial charge in [-0.2, -0.15) is 0 Å². The summed E-state index contributed by atoms with van der Waals surface area (Å²) in [7, 11) is 0. The molecule has 0 aliphatic heterocycles. The highest BCUT2D eigenvalue weighted by Gasteiger charge is 2.41. The maximum Gasteiger partial charge on any atom is 0.408 e. The second kappa shape index (κ2) is 11.5. The number of anilines is 1. The lowest BCUT2D eigenvalue weighted by Crippen LogP contribution is -2.56. The van der Waals surface area contributed by atoms with Gasteiger partial charge in [0.25, 0.3) is 5.91 Å². The molecule has 2 unspecified atom stereocenters. The van der Waals surface area contributed by atoms with Gasteiger partial charge in [-0.25, -0.2) is 4.79 Å². The van der Waals surface area contributed by atoms with Crippen LogP contribution in [0, 0.1) is 13.8 Å². The van der Waals surface area contributed by atoms with Crippen molar-refractivity contribution in [2.75, 3.05) is 5.32 Å². The number of hydrogen-bond donors (Lipinski definition) is 2. The molecule has 1 saturated carbocycles. The molecule has 0 bridgehead atoms. The number of ether oxygens (including phenoxy) is 1. The minimum atomic E-state index is -0.872. The van der Waals surface area contributed by atoms with Crippen molar-refractivity contribution in [3.63, 3.8) is 0 Å². The number of fused-ring (bicyclic) bond motifs is 1. The van der Waals surface area contributed by atoms with Crippen molar-refractivity contribution in [3.05, 3.63) is 77.4 Å². The molecule has 7 heteroatoms. The lowest BCUT2D eigenvalue weighted by atomic mass is 9.87. The Labute approximate surface area is 230 Å². The molecule has 0 heterocycles. The molecule has 3 amide bonds. The van der Waals surface area contributed by atoms with E-state index in [0.29, 0.717) is 5.69 Å². The molecule has 2 N–H and O–H groups in total. The molecule has 7 nitrogen and oxygen atoms in total. The quantitative estimate of drug-likeness (QED) is 0.369. The van der Waals surface area contributed by atoms with Crippen molar-refractivity contribution >= 4 is 34.4 Å². The fraction of sp³-hybridized carbons (Fsp3) is 0.406. The summed E-state index contributed by atoms with van der Waals surface area (Å²) in [6.45, 7) is 11.0. The monoisotopic (exact) mass is 529 g/mol. The van der Waals surface area contributed by atoms with E-state index in [2.05, 4.69) is 10.6 Å². The molecule has 0 spiro atoms. The SMILES string of the molecule is Cc1ccc(C(C(=O)Nc2ccc3ccccc3c2)N(C(=O)C(C)NC(=O)OC(C)(C)C)C2CCC2)cc1C. The Bertz CT molecular complexity index is 1370. The molecule has 206 valence electrons. The van der Waals surface area contributed by atoms with E-state index in [9.17, 15) is 14.4 Å². The molecule has 4 rings (SSSR count). The van der Waals surface area contributed by atoms with Gasteiger partial charge < -0.3 is 20.3 Å². The molecule has 0 radical (unpaired) electrons. The summed E-state index contributed by atoms with van der Waals surface area (Å²) in [4.78, 5) is 42.1. The number of amides is 3. The molecule has 0 saturated heterocycles. The van der Waals surface area contributed by atoms with E-state index in [1.54, 1.807) is 32.6 Å². The van der Waals surface area contributed by atoms with E-state index >= 15 is 0 Å². The molecular weight excluding hydrogens is 490 g/mol. The van der Waals surface area contributed by atoms with Crippen LogP contribution < -0.4 is 10.6 Å². The number of nitrogens with one attached hydrogen (secondary N) is 2. The van der Waals surface area contributed by atoms with Crippen LogP contribution in [-0.4, -0.2) is 40.5 Å². The highest BCUT2D eigenvalue weighted by Crippen LogP contribution is 2.35. The fourth-order valence-electron chi connectivity index (χ4n) is 4.80. The van der Waals surface area contributed by atoms with Crippen LogP contribution in [0.2, 0.25) is 0 Å². The summed E-state index contributed by atoms with van der Waals surface area (Å²) in [6.07, 6.45) is 1.92. The second-order valence-electron chi connectivity index (χ2n) is 11.5. The van der Waals surface area contributed by atoms with E-state index in [0.717, 1.165) is 46.7 Å². The van der Waals surface area contributed by atoms with Gasteiger partial charge in [0, 0.05) is 11.7 Å². The average molecular weight is 530 g/mol. The molecular formula is C32H39N3O4. The van der Waals surface area contributed by atoms with Crippen LogP contribution >= 0.6 is 0 Å². The van der Waals surface area contributed by atoms with Gasteiger partial charge in [0.1, 0.15) is 17.7 Å². The van der Waals surface area contributed by atoms with Crippen molar-refractivity contribution < 1.29 is 19.1 Å². The van der Waals surface area contributed by atoms with Crippen LogP contribution in [0.1, 0.15) is 69.7 Å². The van der Waals surface area contributed by atoms with Crippen LogP contribution in [-0.2, 0) is 14.3 Å². The molecule has 0 aromatic heterocycles. The number of benzene rings is 3. The molecule has 1 aliphatic carbocycles. The smallest absolute Gasteiger partial charge is 0.408 e. The van der Waals surface area contributed by atoms with E-state index in [-0.39, 0.29) is 17.9 Å². The zero-order valence-corrected chi connectivity index (χ0v) is 23.7. The summed E-state index contributed by atoms with van der Waals surface area (Å²) in [5, 5.41) is 7.83.